The first-order valence-corrected chi connectivity index (χ1v) is 8.29. The number of rotatable bonds is 5. The second-order valence-electron chi connectivity index (χ2n) is 4.89. The molecular weight excluding hydrogens is 298 g/mol. The fourth-order valence-corrected chi connectivity index (χ4v) is 3.47. The van der Waals surface area contributed by atoms with Crippen molar-refractivity contribution in [2.75, 3.05) is 14.1 Å². The van der Waals surface area contributed by atoms with Gasteiger partial charge in [-0.05, 0) is 30.1 Å². The average molecular weight is 315 g/mol. The van der Waals surface area contributed by atoms with Gasteiger partial charge in [-0.15, -0.1) is 0 Å². The summed E-state index contributed by atoms with van der Waals surface area (Å²) in [5, 5.41) is 10.2. The standard InChI is InChI=1S/C16H17N3S2/c1-12-4-6-13(7-5-12)11-20-16-14(10-17)15(21-18-16)8-9-19(2)3/h4-9H,11H2,1-3H3. The van der Waals surface area contributed by atoms with Crippen LogP contribution in [0.2, 0.25) is 0 Å². The molecular formula is C16H17N3S2. The molecule has 0 radical (unpaired) electrons. The third-order valence-electron chi connectivity index (χ3n) is 2.82. The number of nitriles is 1. The Balaban J connectivity index is 2.10. The Morgan fingerprint density at radius 2 is 2.05 bits per heavy atom. The Kier molecular flexibility index (Phi) is 5.43. The number of benzene rings is 1. The van der Waals surface area contributed by atoms with Gasteiger partial charge < -0.3 is 4.90 Å². The smallest absolute Gasteiger partial charge is 0.129 e. The van der Waals surface area contributed by atoms with Crippen LogP contribution in [0.3, 0.4) is 0 Å². The average Bonchev–Trinajstić information content (AvgIpc) is 2.86. The lowest BCUT2D eigenvalue weighted by atomic mass is 10.2. The molecule has 108 valence electrons. The molecule has 0 unspecified atom stereocenters. The van der Waals surface area contributed by atoms with Gasteiger partial charge in [-0.1, -0.05) is 41.6 Å². The normalized spacial score (nSPS) is 10.8. The highest BCUT2D eigenvalue weighted by Gasteiger charge is 2.12. The Morgan fingerprint density at radius 3 is 2.67 bits per heavy atom. The SMILES string of the molecule is Cc1ccc(CSc2nsc(C=CN(C)C)c2C#N)cc1. The first-order chi connectivity index (χ1) is 10.1. The summed E-state index contributed by atoms with van der Waals surface area (Å²) in [4.78, 5) is 2.86. The minimum Gasteiger partial charge on any atom is -0.383 e. The molecule has 1 heterocycles. The van der Waals surface area contributed by atoms with Crippen LogP contribution in [-0.4, -0.2) is 23.4 Å². The van der Waals surface area contributed by atoms with Gasteiger partial charge in [0.1, 0.15) is 16.7 Å². The largest absolute Gasteiger partial charge is 0.383 e. The van der Waals surface area contributed by atoms with Crippen LogP contribution >= 0.6 is 23.3 Å². The zero-order valence-corrected chi connectivity index (χ0v) is 14.0. The van der Waals surface area contributed by atoms with Crippen LogP contribution < -0.4 is 0 Å². The van der Waals surface area contributed by atoms with Crippen molar-refractivity contribution in [3.63, 3.8) is 0 Å². The fourth-order valence-electron chi connectivity index (χ4n) is 1.66. The molecule has 0 saturated carbocycles. The Morgan fingerprint density at radius 1 is 1.33 bits per heavy atom. The van der Waals surface area contributed by atoms with Gasteiger partial charge in [-0.25, -0.2) is 0 Å². The minimum absolute atomic E-state index is 0.676. The highest BCUT2D eigenvalue weighted by molar-refractivity contribution is 7.98. The first-order valence-electron chi connectivity index (χ1n) is 6.53. The van der Waals surface area contributed by atoms with Gasteiger partial charge in [0.25, 0.3) is 0 Å². The Hall–Kier alpha value is -1.77. The molecule has 0 saturated heterocycles. The summed E-state index contributed by atoms with van der Waals surface area (Å²) in [6.45, 7) is 2.08. The van der Waals surface area contributed by atoms with Crippen molar-refractivity contribution in [3.05, 3.63) is 52.0 Å². The van der Waals surface area contributed by atoms with E-state index in [1.165, 1.54) is 22.7 Å². The van der Waals surface area contributed by atoms with Crippen LogP contribution in [0.4, 0.5) is 0 Å². The molecule has 0 amide bonds. The molecule has 0 atom stereocenters. The van der Waals surface area contributed by atoms with Crippen LogP contribution in [-0.2, 0) is 5.75 Å². The summed E-state index contributed by atoms with van der Waals surface area (Å²) in [6.07, 6.45) is 3.87. The molecule has 1 aromatic heterocycles. The van der Waals surface area contributed by atoms with Crippen LogP contribution in [0.15, 0.2) is 35.5 Å². The lowest BCUT2D eigenvalue weighted by molar-refractivity contribution is 0.567. The Labute approximate surface area is 134 Å². The molecule has 0 N–H and O–H groups in total. The van der Waals surface area contributed by atoms with E-state index in [2.05, 4.69) is 41.6 Å². The third-order valence-corrected chi connectivity index (χ3v) is 4.79. The maximum atomic E-state index is 9.34. The number of nitrogens with zero attached hydrogens (tertiary/aromatic N) is 3. The van der Waals surface area contributed by atoms with E-state index in [9.17, 15) is 5.26 Å². The molecule has 3 nitrogen and oxygen atoms in total. The highest BCUT2D eigenvalue weighted by atomic mass is 32.2. The van der Waals surface area contributed by atoms with Crippen LogP contribution in [0.1, 0.15) is 21.6 Å². The zero-order chi connectivity index (χ0) is 15.2. The van der Waals surface area contributed by atoms with Crippen LogP contribution in [0.25, 0.3) is 6.08 Å². The molecule has 5 heteroatoms. The lowest BCUT2D eigenvalue weighted by Crippen LogP contribution is -1.99. The maximum absolute atomic E-state index is 9.34. The van der Waals surface area contributed by atoms with Crippen molar-refractivity contribution < 1.29 is 0 Å². The van der Waals surface area contributed by atoms with Crippen molar-refractivity contribution in [1.82, 2.24) is 9.27 Å². The molecule has 2 rings (SSSR count). The summed E-state index contributed by atoms with van der Waals surface area (Å²) in [7, 11) is 3.91. The molecule has 0 fully saturated rings. The second-order valence-corrected chi connectivity index (χ2v) is 6.66. The van der Waals surface area contributed by atoms with Gasteiger partial charge in [-0.2, -0.15) is 9.64 Å². The zero-order valence-electron chi connectivity index (χ0n) is 12.3. The molecule has 21 heavy (non-hydrogen) atoms. The number of aryl methyl sites for hydroxylation is 1. The summed E-state index contributed by atoms with van der Waals surface area (Å²) in [5.41, 5.74) is 3.18. The van der Waals surface area contributed by atoms with Gasteiger partial charge in [0.05, 0.1) is 4.88 Å². The van der Waals surface area contributed by atoms with E-state index >= 15 is 0 Å². The molecule has 2 aromatic rings. The molecule has 0 aliphatic heterocycles. The van der Waals surface area contributed by atoms with Gasteiger partial charge in [0.15, 0.2) is 0 Å². The van der Waals surface area contributed by atoms with Crippen LogP contribution in [0.5, 0.6) is 0 Å². The summed E-state index contributed by atoms with van der Waals surface area (Å²) in [6, 6.07) is 10.7. The predicted molar refractivity (Wildman–Crippen MR) is 90.3 cm³/mol. The van der Waals surface area contributed by atoms with Crippen molar-refractivity contribution >= 4 is 29.4 Å². The summed E-state index contributed by atoms with van der Waals surface area (Å²) in [5.74, 6) is 0.829. The molecule has 0 spiro atoms. The van der Waals surface area contributed by atoms with E-state index in [0.29, 0.717) is 5.56 Å². The van der Waals surface area contributed by atoms with Crippen molar-refractivity contribution in [2.24, 2.45) is 0 Å². The monoisotopic (exact) mass is 315 g/mol. The van der Waals surface area contributed by atoms with E-state index in [1.54, 1.807) is 11.8 Å². The molecule has 0 aliphatic rings. The maximum Gasteiger partial charge on any atom is 0.129 e. The van der Waals surface area contributed by atoms with Gasteiger partial charge in [0.2, 0.25) is 0 Å². The third kappa shape index (κ3) is 4.35. The minimum atomic E-state index is 0.676. The fraction of sp³-hybridized carbons (Fsp3) is 0.250. The number of hydrogen-bond acceptors (Lipinski definition) is 5. The highest BCUT2D eigenvalue weighted by Crippen LogP contribution is 2.30. The van der Waals surface area contributed by atoms with Crippen molar-refractivity contribution in [3.8, 4) is 6.07 Å². The number of hydrogen-bond donors (Lipinski definition) is 0. The number of aromatic nitrogens is 1. The van der Waals surface area contributed by atoms with Gasteiger partial charge in [0, 0.05) is 26.0 Å². The quantitative estimate of drug-likeness (QED) is 0.777. The Bertz CT molecular complexity index is 664. The van der Waals surface area contributed by atoms with Crippen molar-refractivity contribution in [2.45, 2.75) is 17.7 Å². The van der Waals surface area contributed by atoms with E-state index in [-0.39, 0.29) is 0 Å². The van der Waals surface area contributed by atoms with E-state index < -0.39 is 0 Å². The molecule has 0 bridgehead atoms. The molecule has 0 aliphatic carbocycles. The summed E-state index contributed by atoms with van der Waals surface area (Å²) >= 11 is 2.99. The van der Waals surface area contributed by atoms with E-state index in [4.69, 9.17) is 0 Å². The molecule has 1 aromatic carbocycles. The number of thioether (sulfide) groups is 1. The first kappa shape index (κ1) is 15.6. The topological polar surface area (TPSA) is 39.9 Å². The van der Waals surface area contributed by atoms with Gasteiger partial charge in [-0.3, -0.25) is 0 Å². The van der Waals surface area contributed by atoms with Crippen LogP contribution in [0, 0.1) is 18.3 Å². The predicted octanol–water partition coefficient (Wildman–Crippen LogP) is 4.15. The second kappa shape index (κ2) is 7.30. The lowest BCUT2D eigenvalue weighted by Gasteiger charge is -2.02. The van der Waals surface area contributed by atoms with Gasteiger partial charge >= 0.3 is 0 Å². The van der Waals surface area contributed by atoms with E-state index in [0.717, 1.165) is 15.7 Å². The van der Waals surface area contributed by atoms with Crippen molar-refractivity contribution in [1.29, 1.82) is 5.26 Å². The summed E-state index contributed by atoms with van der Waals surface area (Å²) < 4.78 is 4.41. The van der Waals surface area contributed by atoms with E-state index in [1.807, 2.05) is 31.3 Å².